The van der Waals surface area contributed by atoms with Gasteiger partial charge in [0.1, 0.15) is 11.4 Å². The molecule has 0 unspecified atom stereocenters. The third-order valence-corrected chi connectivity index (χ3v) is 3.84. The molecule has 2 aromatic heterocycles. The van der Waals surface area contributed by atoms with Crippen LogP contribution in [0, 0.1) is 5.92 Å². The summed E-state index contributed by atoms with van der Waals surface area (Å²) in [5.74, 6) is -0.950. The molecule has 2 atom stereocenters. The number of H-pyrrole nitrogens is 1. The Balaban J connectivity index is 2.50. The zero-order chi connectivity index (χ0) is 17.4. The molecule has 3 N–H and O–H groups in total. The number of aliphatic carboxylic acids is 1. The molecule has 0 saturated carbocycles. The lowest BCUT2D eigenvalue weighted by atomic mass is 9.99. The van der Waals surface area contributed by atoms with Gasteiger partial charge in [-0.15, -0.1) is 0 Å². The summed E-state index contributed by atoms with van der Waals surface area (Å²) in [5, 5.41) is 16.8. The molecule has 0 aliphatic carbocycles. The summed E-state index contributed by atoms with van der Waals surface area (Å²) in [7, 11) is 0. The predicted octanol–water partition coefficient (Wildman–Crippen LogP) is 1.79. The minimum atomic E-state index is -0.980. The zero-order valence-corrected chi connectivity index (χ0v) is 14.0. The molecule has 0 bridgehead atoms. The Bertz CT molecular complexity index is 771. The molecule has 126 valence electrons. The fourth-order valence-corrected chi connectivity index (χ4v) is 2.31. The van der Waals surface area contributed by atoms with Gasteiger partial charge in [-0.2, -0.15) is 10.1 Å². The molecule has 0 aromatic carbocycles. The van der Waals surface area contributed by atoms with Crippen molar-refractivity contribution in [3.05, 3.63) is 16.6 Å². The fraction of sp³-hybridized carbons (Fsp3) is 0.600. The molecular weight excluding hydrogens is 298 g/mol. The SMILES string of the molecule is CC[C@H](C)[C@H](Nc1nc2c(cnn2C(C)(C)C)c(=O)[nH]1)C(=O)O. The van der Waals surface area contributed by atoms with E-state index in [-0.39, 0.29) is 23.0 Å². The molecule has 0 aliphatic rings. The van der Waals surface area contributed by atoms with E-state index in [4.69, 9.17) is 0 Å². The number of rotatable bonds is 5. The largest absolute Gasteiger partial charge is 0.480 e. The minimum absolute atomic E-state index is 0.110. The van der Waals surface area contributed by atoms with Crippen molar-refractivity contribution in [3.63, 3.8) is 0 Å². The molecule has 2 aromatic rings. The van der Waals surface area contributed by atoms with Crippen LogP contribution in [0.3, 0.4) is 0 Å². The van der Waals surface area contributed by atoms with Crippen molar-refractivity contribution < 1.29 is 9.90 Å². The number of hydrogen-bond donors (Lipinski definition) is 3. The van der Waals surface area contributed by atoms with E-state index >= 15 is 0 Å². The highest BCUT2D eigenvalue weighted by Gasteiger charge is 2.25. The van der Waals surface area contributed by atoms with Crippen LogP contribution in [-0.4, -0.2) is 36.9 Å². The Kier molecular flexibility index (Phi) is 4.44. The fourth-order valence-electron chi connectivity index (χ4n) is 2.31. The molecule has 0 amide bonds. The number of carbonyl (C=O) groups is 1. The topological polar surface area (TPSA) is 113 Å². The summed E-state index contributed by atoms with van der Waals surface area (Å²) in [6.07, 6.45) is 2.16. The Morgan fingerprint density at radius 1 is 1.48 bits per heavy atom. The van der Waals surface area contributed by atoms with E-state index in [1.54, 1.807) is 4.68 Å². The molecular formula is C15H23N5O3. The van der Waals surface area contributed by atoms with E-state index in [9.17, 15) is 14.7 Å². The van der Waals surface area contributed by atoms with Crippen LogP contribution in [0.2, 0.25) is 0 Å². The van der Waals surface area contributed by atoms with E-state index in [1.165, 1.54) is 6.20 Å². The van der Waals surface area contributed by atoms with Crippen LogP contribution in [0.5, 0.6) is 0 Å². The molecule has 0 radical (unpaired) electrons. The second-order valence-corrected chi connectivity index (χ2v) is 6.72. The maximum atomic E-state index is 12.2. The number of nitrogens with one attached hydrogen (secondary N) is 2. The lowest BCUT2D eigenvalue weighted by molar-refractivity contribution is -0.139. The molecule has 0 fully saturated rings. The number of nitrogens with zero attached hydrogens (tertiary/aromatic N) is 3. The normalized spacial score (nSPS) is 14.7. The molecule has 2 heterocycles. The van der Waals surface area contributed by atoms with Crippen molar-refractivity contribution in [2.24, 2.45) is 5.92 Å². The molecule has 2 rings (SSSR count). The van der Waals surface area contributed by atoms with Crippen molar-refractivity contribution in [1.29, 1.82) is 0 Å². The second kappa shape index (κ2) is 6.02. The van der Waals surface area contributed by atoms with Crippen LogP contribution in [0.15, 0.2) is 11.0 Å². The van der Waals surface area contributed by atoms with Crippen LogP contribution in [-0.2, 0) is 10.3 Å². The molecule has 0 aliphatic heterocycles. The van der Waals surface area contributed by atoms with Gasteiger partial charge in [0.15, 0.2) is 5.65 Å². The van der Waals surface area contributed by atoms with Crippen molar-refractivity contribution in [1.82, 2.24) is 19.7 Å². The highest BCUT2D eigenvalue weighted by molar-refractivity contribution is 5.78. The third kappa shape index (κ3) is 3.35. The molecule has 0 spiro atoms. The minimum Gasteiger partial charge on any atom is -0.480 e. The standard InChI is InChI=1S/C15H23N5O3/c1-6-8(2)10(13(22)23)17-14-18-11-9(12(21)19-14)7-16-20(11)15(3,4)5/h7-8,10H,6H2,1-5H3,(H,22,23)(H2,17,18,19,21)/t8-,10-/m0/s1. The summed E-state index contributed by atoms with van der Waals surface area (Å²) in [4.78, 5) is 30.6. The lowest BCUT2D eigenvalue weighted by Crippen LogP contribution is -2.36. The number of aromatic nitrogens is 4. The first kappa shape index (κ1) is 17.0. The first-order valence-electron chi connectivity index (χ1n) is 7.63. The number of carboxylic acid groups (broad SMARTS) is 1. The first-order valence-corrected chi connectivity index (χ1v) is 7.63. The monoisotopic (exact) mass is 321 g/mol. The highest BCUT2D eigenvalue weighted by atomic mass is 16.4. The van der Waals surface area contributed by atoms with Crippen LogP contribution >= 0.6 is 0 Å². The van der Waals surface area contributed by atoms with E-state index < -0.39 is 12.0 Å². The number of carboxylic acids is 1. The molecule has 23 heavy (non-hydrogen) atoms. The summed E-state index contributed by atoms with van der Waals surface area (Å²) in [6.45, 7) is 9.61. The van der Waals surface area contributed by atoms with Gasteiger partial charge in [-0.05, 0) is 26.7 Å². The quantitative estimate of drug-likeness (QED) is 0.774. The first-order chi connectivity index (χ1) is 10.6. The van der Waals surface area contributed by atoms with Gasteiger partial charge in [-0.3, -0.25) is 9.78 Å². The van der Waals surface area contributed by atoms with Gasteiger partial charge in [-0.1, -0.05) is 20.3 Å². The predicted molar refractivity (Wildman–Crippen MR) is 87.6 cm³/mol. The van der Waals surface area contributed by atoms with Crippen LogP contribution < -0.4 is 10.9 Å². The van der Waals surface area contributed by atoms with E-state index in [0.717, 1.165) is 0 Å². The van der Waals surface area contributed by atoms with Gasteiger partial charge in [0.2, 0.25) is 5.95 Å². The molecule has 0 saturated heterocycles. The maximum absolute atomic E-state index is 12.2. The van der Waals surface area contributed by atoms with Gasteiger partial charge in [-0.25, -0.2) is 9.48 Å². The molecule has 8 heteroatoms. The average Bonchev–Trinajstić information content (AvgIpc) is 2.88. The number of fused-ring (bicyclic) bond motifs is 1. The molecule has 8 nitrogen and oxygen atoms in total. The van der Waals surface area contributed by atoms with Gasteiger partial charge in [0.05, 0.1) is 11.7 Å². The Labute approximate surface area is 133 Å². The van der Waals surface area contributed by atoms with Crippen molar-refractivity contribution in [3.8, 4) is 0 Å². The van der Waals surface area contributed by atoms with E-state index in [0.29, 0.717) is 17.5 Å². The number of aromatic amines is 1. The van der Waals surface area contributed by atoms with Crippen molar-refractivity contribution in [2.45, 2.75) is 52.6 Å². The second-order valence-electron chi connectivity index (χ2n) is 6.72. The van der Waals surface area contributed by atoms with Crippen LogP contribution in [0.1, 0.15) is 41.0 Å². The summed E-state index contributed by atoms with van der Waals surface area (Å²) >= 11 is 0. The lowest BCUT2D eigenvalue weighted by Gasteiger charge is -2.21. The van der Waals surface area contributed by atoms with Gasteiger partial charge >= 0.3 is 5.97 Å². The smallest absolute Gasteiger partial charge is 0.326 e. The van der Waals surface area contributed by atoms with Gasteiger partial charge < -0.3 is 10.4 Å². The van der Waals surface area contributed by atoms with Crippen LogP contribution in [0.4, 0.5) is 5.95 Å². The zero-order valence-electron chi connectivity index (χ0n) is 14.0. The van der Waals surface area contributed by atoms with E-state index in [1.807, 2.05) is 34.6 Å². The van der Waals surface area contributed by atoms with Gasteiger partial charge in [0, 0.05) is 0 Å². The Morgan fingerprint density at radius 2 is 2.13 bits per heavy atom. The number of anilines is 1. The summed E-state index contributed by atoms with van der Waals surface area (Å²) in [6, 6.07) is -0.827. The van der Waals surface area contributed by atoms with Crippen molar-refractivity contribution in [2.75, 3.05) is 5.32 Å². The Morgan fingerprint density at radius 3 is 2.65 bits per heavy atom. The summed E-state index contributed by atoms with van der Waals surface area (Å²) < 4.78 is 1.65. The maximum Gasteiger partial charge on any atom is 0.326 e. The van der Waals surface area contributed by atoms with E-state index in [2.05, 4.69) is 20.4 Å². The Hall–Kier alpha value is -2.38. The van der Waals surface area contributed by atoms with Crippen LogP contribution in [0.25, 0.3) is 11.0 Å². The van der Waals surface area contributed by atoms with Crippen molar-refractivity contribution >= 4 is 23.0 Å². The third-order valence-electron chi connectivity index (χ3n) is 3.84. The van der Waals surface area contributed by atoms with Gasteiger partial charge in [0.25, 0.3) is 5.56 Å². The highest BCUT2D eigenvalue weighted by Crippen LogP contribution is 2.19. The average molecular weight is 321 g/mol. The summed E-state index contributed by atoms with van der Waals surface area (Å²) in [5.41, 5.74) is -0.263. The number of hydrogen-bond acceptors (Lipinski definition) is 5.